The number of ether oxygens (including phenoxy) is 2. The minimum absolute atomic E-state index is 0.698. The van der Waals surface area contributed by atoms with Crippen molar-refractivity contribution in [1.29, 1.82) is 0 Å². The summed E-state index contributed by atoms with van der Waals surface area (Å²) >= 11 is 0. The molecule has 0 bridgehead atoms. The Kier molecular flexibility index (Phi) is 6.92. The third-order valence-corrected chi connectivity index (χ3v) is 2.85. The smallest absolute Gasteiger partial charge is 0.0700 e. The van der Waals surface area contributed by atoms with Crippen LogP contribution in [-0.4, -0.2) is 64.1 Å². The molecular weight excluding hydrogens is 192 g/mol. The van der Waals surface area contributed by atoms with Gasteiger partial charge in [-0.1, -0.05) is 6.92 Å². The molecule has 0 saturated carbocycles. The molecule has 1 fully saturated rings. The number of nitrogens with one attached hydrogen (secondary N) is 1. The summed E-state index contributed by atoms with van der Waals surface area (Å²) in [5, 5.41) is 3.30. The van der Waals surface area contributed by atoms with Gasteiger partial charge in [0.1, 0.15) is 0 Å². The Morgan fingerprint density at radius 2 is 2.07 bits per heavy atom. The van der Waals surface area contributed by atoms with Crippen LogP contribution < -0.4 is 5.32 Å². The lowest BCUT2D eigenvalue weighted by atomic mass is 10.1. The van der Waals surface area contributed by atoms with Gasteiger partial charge in [0.25, 0.3) is 0 Å². The van der Waals surface area contributed by atoms with Crippen LogP contribution in [-0.2, 0) is 9.47 Å². The molecule has 1 aliphatic rings. The highest BCUT2D eigenvalue weighted by atomic mass is 16.5. The second-order valence-corrected chi connectivity index (χ2v) is 3.90. The standard InChI is InChI=1S/C11H24N2O2/c1-3-13(11-9-12-10-11)5-4-6-15-8-7-14-2/h11-12H,3-10H2,1-2H3. The molecule has 0 aliphatic carbocycles. The number of nitrogens with zero attached hydrogens (tertiary/aromatic N) is 1. The molecule has 0 spiro atoms. The van der Waals surface area contributed by atoms with Gasteiger partial charge in [-0.05, 0) is 13.0 Å². The Morgan fingerprint density at radius 3 is 2.60 bits per heavy atom. The summed E-state index contributed by atoms with van der Waals surface area (Å²) in [4.78, 5) is 2.52. The molecule has 1 saturated heterocycles. The lowest BCUT2D eigenvalue weighted by Gasteiger charge is -2.37. The molecule has 0 radical (unpaired) electrons. The van der Waals surface area contributed by atoms with Crippen molar-refractivity contribution in [3.8, 4) is 0 Å². The van der Waals surface area contributed by atoms with E-state index in [9.17, 15) is 0 Å². The second kappa shape index (κ2) is 8.05. The summed E-state index contributed by atoms with van der Waals surface area (Å²) in [7, 11) is 1.70. The Balaban J connectivity index is 1.92. The molecule has 1 aliphatic heterocycles. The summed E-state index contributed by atoms with van der Waals surface area (Å²) in [6, 6.07) is 0.758. The highest BCUT2D eigenvalue weighted by Crippen LogP contribution is 2.05. The van der Waals surface area contributed by atoms with E-state index in [1.165, 1.54) is 0 Å². The summed E-state index contributed by atoms with van der Waals surface area (Å²) in [5.74, 6) is 0. The Labute approximate surface area is 92.9 Å². The lowest BCUT2D eigenvalue weighted by molar-refractivity contribution is 0.0603. The Morgan fingerprint density at radius 1 is 1.27 bits per heavy atom. The van der Waals surface area contributed by atoms with E-state index in [0.717, 1.165) is 45.2 Å². The first-order valence-corrected chi connectivity index (χ1v) is 5.90. The Bertz CT molecular complexity index is 152. The van der Waals surface area contributed by atoms with E-state index in [0.29, 0.717) is 13.2 Å². The quantitative estimate of drug-likeness (QED) is 0.563. The first kappa shape index (κ1) is 12.9. The molecule has 0 atom stereocenters. The summed E-state index contributed by atoms with van der Waals surface area (Å²) in [5.41, 5.74) is 0. The van der Waals surface area contributed by atoms with Crippen molar-refractivity contribution < 1.29 is 9.47 Å². The van der Waals surface area contributed by atoms with Crippen molar-refractivity contribution >= 4 is 0 Å². The van der Waals surface area contributed by atoms with Crippen LogP contribution in [0.1, 0.15) is 13.3 Å². The van der Waals surface area contributed by atoms with Crippen LogP contribution in [0.5, 0.6) is 0 Å². The molecule has 0 amide bonds. The maximum Gasteiger partial charge on any atom is 0.0700 e. The molecule has 1 heterocycles. The molecule has 15 heavy (non-hydrogen) atoms. The number of rotatable bonds is 9. The first-order valence-electron chi connectivity index (χ1n) is 5.90. The van der Waals surface area contributed by atoms with Crippen LogP contribution in [0.2, 0.25) is 0 Å². The van der Waals surface area contributed by atoms with Gasteiger partial charge in [-0.2, -0.15) is 0 Å². The zero-order valence-electron chi connectivity index (χ0n) is 10.00. The maximum absolute atomic E-state index is 5.43. The van der Waals surface area contributed by atoms with Crippen LogP contribution in [0.3, 0.4) is 0 Å². The average molecular weight is 216 g/mol. The number of likely N-dealkylation sites (N-methyl/N-ethyl adjacent to an activating group) is 1. The van der Waals surface area contributed by atoms with Crippen LogP contribution in [0.4, 0.5) is 0 Å². The van der Waals surface area contributed by atoms with E-state index in [2.05, 4.69) is 17.1 Å². The van der Waals surface area contributed by atoms with E-state index in [4.69, 9.17) is 9.47 Å². The summed E-state index contributed by atoms with van der Waals surface area (Å²) in [6.45, 7) is 9.08. The van der Waals surface area contributed by atoms with Crippen molar-refractivity contribution in [3.05, 3.63) is 0 Å². The highest BCUT2D eigenvalue weighted by Gasteiger charge is 2.22. The van der Waals surface area contributed by atoms with Crippen molar-refractivity contribution in [2.24, 2.45) is 0 Å². The number of hydrogen-bond acceptors (Lipinski definition) is 4. The minimum atomic E-state index is 0.698. The maximum atomic E-state index is 5.43. The fourth-order valence-electron chi connectivity index (χ4n) is 1.74. The van der Waals surface area contributed by atoms with Crippen molar-refractivity contribution in [2.45, 2.75) is 19.4 Å². The minimum Gasteiger partial charge on any atom is -0.382 e. The van der Waals surface area contributed by atoms with Gasteiger partial charge in [0.05, 0.1) is 13.2 Å². The van der Waals surface area contributed by atoms with Crippen LogP contribution in [0.15, 0.2) is 0 Å². The van der Waals surface area contributed by atoms with E-state index in [-0.39, 0.29) is 0 Å². The Hall–Kier alpha value is -0.160. The number of methoxy groups -OCH3 is 1. The highest BCUT2D eigenvalue weighted by molar-refractivity contribution is 4.83. The van der Waals surface area contributed by atoms with Gasteiger partial charge in [0.15, 0.2) is 0 Å². The van der Waals surface area contributed by atoms with E-state index >= 15 is 0 Å². The van der Waals surface area contributed by atoms with Gasteiger partial charge in [-0.25, -0.2) is 0 Å². The molecule has 4 heteroatoms. The first-order chi connectivity index (χ1) is 7.38. The van der Waals surface area contributed by atoms with Crippen LogP contribution >= 0.6 is 0 Å². The SMILES string of the molecule is CCN(CCCOCCOC)C1CNC1. The summed E-state index contributed by atoms with van der Waals surface area (Å²) < 4.78 is 10.3. The number of hydrogen-bond donors (Lipinski definition) is 1. The molecule has 4 nitrogen and oxygen atoms in total. The fourth-order valence-corrected chi connectivity index (χ4v) is 1.74. The molecule has 0 aromatic carbocycles. The van der Waals surface area contributed by atoms with Gasteiger partial charge in [0, 0.05) is 39.4 Å². The average Bonchev–Trinajstić information content (AvgIpc) is 2.18. The molecule has 1 rings (SSSR count). The largest absolute Gasteiger partial charge is 0.382 e. The van der Waals surface area contributed by atoms with Gasteiger partial charge < -0.3 is 14.8 Å². The molecule has 0 aromatic heterocycles. The molecule has 1 N–H and O–H groups in total. The van der Waals surface area contributed by atoms with E-state index < -0.39 is 0 Å². The molecule has 0 unspecified atom stereocenters. The van der Waals surface area contributed by atoms with E-state index in [1.807, 2.05) is 0 Å². The lowest BCUT2D eigenvalue weighted by Crippen LogP contribution is -2.57. The topological polar surface area (TPSA) is 33.7 Å². The zero-order chi connectivity index (χ0) is 10.9. The second-order valence-electron chi connectivity index (χ2n) is 3.90. The predicted molar refractivity (Wildman–Crippen MR) is 61.2 cm³/mol. The van der Waals surface area contributed by atoms with Crippen molar-refractivity contribution in [1.82, 2.24) is 10.2 Å². The normalized spacial score (nSPS) is 17.0. The third-order valence-electron chi connectivity index (χ3n) is 2.85. The molecule has 0 aromatic rings. The van der Waals surface area contributed by atoms with Gasteiger partial charge >= 0.3 is 0 Å². The van der Waals surface area contributed by atoms with Crippen LogP contribution in [0.25, 0.3) is 0 Å². The van der Waals surface area contributed by atoms with E-state index in [1.54, 1.807) is 7.11 Å². The van der Waals surface area contributed by atoms with Gasteiger partial charge in [-0.15, -0.1) is 0 Å². The van der Waals surface area contributed by atoms with Gasteiger partial charge in [-0.3, -0.25) is 4.90 Å². The third kappa shape index (κ3) is 4.93. The van der Waals surface area contributed by atoms with Gasteiger partial charge in [0.2, 0.25) is 0 Å². The van der Waals surface area contributed by atoms with Crippen molar-refractivity contribution in [3.63, 3.8) is 0 Å². The van der Waals surface area contributed by atoms with Crippen LogP contribution in [0, 0.1) is 0 Å². The van der Waals surface area contributed by atoms with Crippen molar-refractivity contribution in [2.75, 3.05) is 53.1 Å². The fraction of sp³-hybridized carbons (Fsp3) is 1.00. The molecule has 90 valence electrons. The monoisotopic (exact) mass is 216 g/mol. The zero-order valence-corrected chi connectivity index (χ0v) is 10.00. The predicted octanol–water partition coefficient (Wildman–Crippen LogP) is 0.333. The molecular formula is C11H24N2O2. The summed E-state index contributed by atoms with van der Waals surface area (Å²) in [6.07, 6.45) is 1.12.